The summed E-state index contributed by atoms with van der Waals surface area (Å²) < 4.78 is 35.3. The summed E-state index contributed by atoms with van der Waals surface area (Å²) in [6, 6.07) is 3.50. The van der Waals surface area contributed by atoms with Crippen molar-refractivity contribution in [2.75, 3.05) is 12.4 Å². The van der Waals surface area contributed by atoms with E-state index in [1.165, 1.54) is 7.11 Å². The highest BCUT2D eigenvalue weighted by molar-refractivity contribution is 5.87. The van der Waals surface area contributed by atoms with Gasteiger partial charge in [-0.1, -0.05) is 6.07 Å². The highest BCUT2D eigenvalue weighted by Gasteiger charge is 2.19. The van der Waals surface area contributed by atoms with Crippen LogP contribution in [0, 0.1) is 0 Å². The standard InChI is InChI=1S/C15H22F2N2O3/c1-15(2,3)22-14(20)19-11-6-5-9(8-12(11)21-4)7-10(18)13(16)17/h5-6,8,10,13H,7,18H2,1-4H3,(H,19,20). The third-order valence-corrected chi connectivity index (χ3v) is 2.70. The minimum atomic E-state index is -2.59. The second-order valence-electron chi connectivity index (χ2n) is 5.86. The largest absolute Gasteiger partial charge is 0.495 e. The second-order valence-corrected chi connectivity index (χ2v) is 5.86. The molecule has 0 saturated carbocycles. The molecular weight excluding hydrogens is 294 g/mol. The van der Waals surface area contributed by atoms with Crippen molar-refractivity contribution in [2.45, 2.75) is 45.3 Å². The maximum Gasteiger partial charge on any atom is 0.412 e. The number of methoxy groups -OCH3 is 1. The van der Waals surface area contributed by atoms with Gasteiger partial charge in [-0.05, 0) is 44.9 Å². The Balaban J connectivity index is 2.83. The first kappa shape index (κ1) is 18.2. The van der Waals surface area contributed by atoms with Crippen molar-refractivity contribution in [3.8, 4) is 5.75 Å². The van der Waals surface area contributed by atoms with Gasteiger partial charge >= 0.3 is 6.09 Å². The molecule has 0 saturated heterocycles. The molecule has 0 aliphatic heterocycles. The van der Waals surface area contributed by atoms with Crippen LogP contribution < -0.4 is 15.8 Å². The monoisotopic (exact) mass is 316 g/mol. The summed E-state index contributed by atoms with van der Waals surface area (Å²) in [5.41, 5.74) is 5.72. The first-order chi connectivity index (χ1) is 10.1. The topological polar surface area (TPSA) is 73.6 Å². The summed E-state index contributed by atoms with van der Waals surface area (Å²) in [5.74, 6) is 0.352. The molecule has 0 fully saturated rings. The molecule has 0 aromatic heterocycles. The number of nitrogens with one attached hydrogen (secondary N) is 1. The van der Waals surface area contributed by atoms with Crippen molar-refractivity contribution in [3.05, 3.63) is 23.8 Å². The third-order valence-electron chi connectivity index (χ3n) is 2.70. The Bertz CT molecular complexity index is 516. The van der Waals surface area contributed by atoms with Crippen LogP contribution >= 0.6 is 0 Å². The lowest BCUT2D eigenvalue weighted by Crippen LogP contribution is -2.31. The summed E-state index contributed by atoms with van der Waals surface area (Å²) in [7, 11) is 1.42. The molecule has 1 atom stereocenters. The van der Waals surface area contributed by atoms with Crippen LogP contribution in [0.5, 0.6) is 5.75 Å². The van der Waals surface area contributed by atoms with Gasteiger partial charge in [0.25, 0.3) is 6.43 Å². The predicted molar refractivity (Wildman–Crippen MR) is 80.5 cm³/mol. The van der Waals surface area contributed by atoms with Gasteiger partial charge in [0.15, 0.2) is 0 Å². The maximum atomic E-state index is 12.5. The van der Waals surface area contributed by atoms with Gasteiger partial charge in [-0.25, -0.2) is 13.6 Å². The maximum absolute atomic E-state index is 12.5. The number of hydrogen-bond acceptors (Lipinski definition) is 4. The van der Waals surface area contributed by atoms with E-state index in [4.69, 9.17) is 15.2 Å². The normalized spacial score (nSPS) is 12.9. The lowest BCUT2D eigenvalue weighted by atomic mass is 10.1. The van der Waals surface area contributed by atoms with Crippen LogP contribution in [0.2, 0.25) is 0 Å². The number of ether oxygens (including phenoxy) is 2. The molecule has 0 bridgehead atoms. The van der Waals surface area contributed by atoms with Crippen molar-refractivity contribution < 1.29 is 23.0 Å². The minimum Gasteiger partial charge on any atom is -0.495 e. The quantitative estimate of drug-likeness (QED) is 0.875. The molecule has 7 heteroatoms. The van der Waals surface area contributed by atoms with Gasteiger partial charge in [0.05, 0.1) is 18.8 Å². The van der Waals surface area contributed by atoms with Crippen LogP contribution in [-0.4, -0.2) is 31.3 Å². The van der Waals surface area contributed by atoms with E-state index in [0.717, 1.165) is 0 Å². The SMILES string of the molecule is COc1cc(CC(N)C(F)F)ccc1NC(=O)OC(C)(C)C. The van der Waals surface area contributed by atoms with E-state index in [1.807, 2.05) is 0 Å². The predicted octanol–water partition coefficient (Wildman–Crippen LogP) is 3.18. The van der Waals surface area contributed by atoms with Crippen molar-refractivity contribution >= 4 is 11.8 Å². The average Bonchev–Trinajstić information content (AvgIpc) is 2.38. The van der Waals surface area contributed by atoms with E-state index in [2.05, 4.69) is 5.32 Å². The molecule has 1 aromatic rings. The van der Waals surface area contributed by atoms with Crippen LogP contribution in [0.3, 0.4) is 0 Å². The molecule has 0 heterocycles. The number of nitrogens with two attached hydrogens (primary N) is 1. The fourth-order valence-corrected chi connectivity index (χ4v) is 1.74. The Morgan fingerprint density at radius 3 is 2.50 bits per heavy atom. The highest BCUT2D eigenvalue weighted by Crippen LogP contribution is 2.27. The van der Waals surface area contributed by atoms with Crippen molar-refractivity contribution in [3.63, 3.8) is 0 Å². The molecule has 0 spiro atoms. The smallest absolute Gasteiger partial charge is 0.412 e. The number of halogens is 2. The van der Waals surface area contributed by atoms with E-state index < -0.39 is 24.2 Å². The van der Waals surface area contributed by atoms with Gasteiger partial charge in [-0.2, -0.15) is 0 Å². The van der Waals surface area contributed by atoms with Crippen LogP contribution in [0.25, 0.3) is 0 Å². The Hall–Kier alpha value is -1.89. The minimum absolute atomic E-state index is 0.0146. The first-order valence-corrected chi connectivity index (χ1v) is 6.83. The van der Waals surface area contributed by atoms with Crippen molar-refractivity contribution in [2.24, 2.45) is 5.73 Å². The molecule has 1 amide bonds. The molecule has 22 heavy (non-hydrogen) atoms. The molecule has 0 aliphatic carbocycles. The van der Waals surface area contributed by atoms with E-state index >= 15 is 0 Å². The molecule has 1 rings (SSSR count). The molecule has 5 nitrogen and oxygen atoms in total. The molecule has 0 aliphatic rings. The molecular formula is C15H22F2N2O3. The van der Waals surface area contributed by atoms with Crippen LogP contribution in [0.4, 0.5) is 19.3 Å². The molecule has 1 unspecified atom stereocenters. The zero-order chi connectivity index (χ0) is 16.9. The van der Waals surface area contributed by atoms with Gasteiger partial charge in [-0.3, -0.25) is 5.32 Å². The Morgan fingerprint density at radius 1 is 1.36 bits per heavy atom. The van der Waals surface area contributed by atoms with Gasteiger partial charge in [0, 0.05) is 0 Å². The first-order valence-electron chi connectivity index (χ1n) is 6.83. The number of anilines is 1. The van der Waals surface area contributed by atoms with Gasteiger partial charge in [0.2, 0.25) is 0 Å². The number of rotatable bonds is 5. The van der Waals surface area contributed by atoms with Gasteiger partial charge in [-0.15, -0.1) is 0 Å². The molecule has 124 valence electrons. The second kappa shape index (κ2) is 7.40. The lowest BCUT2D eigenvalue weighted by molar-refractivity contribution is 0.0635. The Kier molecular flexibility index (Phi) is 6.11. The van der Waals surface area contributed by atoms with Crippen molar-refractivity contribution in [1.82, 2.24) is 0 Å². The molecule has 0 radical (unpaired) electrons. The third kappa shape index (κ3) is 5.85. The van der Waals surface area contributed by atoms with Crippen molar-refractivity contribution in [1.29, 1.82) is 0 Å². The summed E-state index contributed by atoms with van der Waals surface area (Å²) in [6.07, 6.45) is -3.20. The Morgan fingerprint density at radius 2 is 2.00 bits per heavy atom. The lowest BCUT2D eigenvalue weighted by Gasteiger charge is -2.20. The van der Waals surface area contributed by atoms with E-state index in [-0.39, 0.29) is 6.42 Å². The number of hydrogen-bond donors (Lipinski definition) is 2. The fourth-order valence-electron chi connectivity index (χ4n) is 1.74. The van der Waals surface area contributed by atoms with E-state index in [9.17, 15) is 13.6 Å². The van der Waals surface area contributed by atoms with Crippen LogP contribution in [0.15, 0.2) is 18.2 Å². The summed E-state index contributed by atoms with van der Waals surface area (Å²) in [5, 5.41) is 2.56. The average molecular weight is 316 g/mol. The zero-order valence-electron chi connectivity index (χ0n) is 13.2. The summed E-state index contributed by atoms with van der Waals surface area (Å²) in [4.78, 5) is 11.7. The van der Waals surface area contributed by atoms with Crippen LogP contribution in [0.1, 0.15) is 26.3 Å². The number of amides is 1. The number of benzene rings is 1. The van der Waals surface area contributed by atoms with Gasteiger partial charge < -0.3 is 15.2 Å². The molecule has 1 aromatic carbocycles. The number of carbonyl (C=O) groups is 1. The summed E-state index contributed by atoms with van der Waals surface area (Å²) >= 11 is 0. The van der Waals surface area contributed by atoms with E-state index in [1.54, 1.807) is 39.0 Å². The number of alkyl halides is 2. The Labute approximate surface area is 128 Å². The highest BCUT2D eigenvalue weighted by atomic mass is 19.3. The summed E-state index contributed by atoms with van der Waals surface area (Å²) in [6.45, 7) is 5.25. The number of carbonyl (C=O) groups excluding carboxylic acids is 1. The molecule has 3 N–H and O–H groups in total. The van der Waals surface area contributed by atoms with Crippen LogP contribution in [-0.2, 0) is 11.2 Å². The van der Waals surface area contributed by atoms with Gasteiger partial charge in [0.1, 0.15) is 11.4 Å². The fraction of sp³-hybridized carbons (Fsp3) is 0.533. The zero-order valence-corrected chi connectivity index (χ0v) is 13.2. The van der Waals surface area contributed by atoms with E-state index in [0.29, 0.717) is 17.0 Å².